The number of carbonyl (C=O) groups is 2. The Bertz CT molecular complexity index is 1060. The molecule has 1 aliphatic rings. The third-order valence-corrected chi connectivity index (χ3v) is 5.31. The number of fused-ring (bicyclic) bond motifs is 1. The lowest BCUT2D eigenvalue weighted by Crippen LogP contribution is -2.49. The molecule has 154 valence electrons. The van der Waals surface area contributed by atoms with Gasteiger partial charge < -0.3 is 14.5 Å². The number of nitrogens with zero attached hydrogens (tertiary/aromatic N) is 2. The van der Waals surface area contributed by atoms with Crippen molar-refractivity contribution in [3.63, 3.8) is 0 Å². The second kappa shape index (κ2) is 7.67. The fraction of sp³-hybridized carbons (Fsp3) is 0.261. The first-order chi connectivity index (χ1) is 14.5. The van der Waals surface area contributed by atoms with Gasteiger partial charge in [0.05, 0.1) is 24.3 Å². The normalized spacial score (nSPS) is 15.1. The fourth-order valence-electron chi connectivity index (χ4n) is 3.85. The third-order valence-electron chi connectivity index (χ3n) is 5.31. The molecule has 0 fully saturated rings. The Hall–Kier alpha value is -3.61. The minimum Gasteiger partial charge on any atom is -0.490 e. The van der Waals surface area contributed by atoms with Gasteiger partial charge in [0.15, 0.2) is 11.5 Å². The molecule has 1 aliphatic heterocycles. The van der Waals surface area contributed by atoms with E-state index in [0.29, 0.717) is 47.2 Å². The highest BCUT2D eigenvalue weighted by Gasteiger charge is 2.50. The summed E-state index contributed by atoms with van der Waals surface area (Å²) < 4.78 is 11.4. The standard InChI is InChI=1S/C23H23N3O4/c1-4-29-18-11-10-15(14-19(18)30-5-2)23(3,22-24-12-13-25-22)26-20(27)16-8-6-7-9-17(16)21(26)28/h6-14H,4-5H2,1-3H3,(H,24,25). The molecule has 7 nitrogen and oxygen atoms in total. The first kappa shape index (κ1) is 19.7. The average molecular weight is 405 g/mol. The zero-order valence-corrected chi connectivity index (χ0v) is 17.1. The molecule has 0 bridgehead atoms. The van der Waals surface area contributed by atoms with Crippen molar-refractivity contribution >= 4 is 11.8 Å². The van der Waals surface area contributed by atoms with Gasteiger partial charge in [0, 0.05) is 12.4 Å². The highest BCUT2D eigenvalue weighted by Crippen LogP contribution is 2.42. The Morgan fingerprint density at radius 1 is 0.967 bits per heavy atom. The highest BCUT2D eigenvalue weighted by molar-refractivity contribution is 6.22. The van der Waals surface area contributed by atoms with Gasteiger partial charge in [-0.25, -0.2) is 4.98 Å². The van der Waals surface area contributed by atoms with Crippen LogP contribution < -0.4 is 9.47 Å². The smallest absolute Gasteiger partial charge is 0.262 e. The average Bonchev–Trinajstić information content (AvgIpc) is 3.38. The molecule has 30 heavy (non-hydrogen) atoms. The van der Waals surface area contributed by atoms with Crippen molar-refractivity contribution in [3.8, 4) is 11.5 Å². The van der Waals surface area contributed by atoms with E-state index in [9.17, 15) is 9.59 Å². The summed E-state index contributed by atoms with van der Waals surface area (Å²) in [6.45, 7) is 6.54. The molecule has 1 unspecified atom stereocenters. The Morgan fingerprint density at radius 3 is 2.17 bits per heavy atom. The maximum absolute atomic E-state index is 13.3. The van der Waals surface area contributed by atoms with Gasteiger partial charge in [-0.3, -0.25) is 14.5 Å². The third kappa shape index (κ3) is 2.94. The monoisotopic (exact) mass is 405 g/mol. The lowest BCUT2D eigenvalue weighted by molar-refractivity contribution is 0.0494. The molecule has 1 aromatic heterocycles. The van der Waals surface area contributed by atoms with Crippen LogP contribution >= 0.6 is 0 Å². The molecule has 2 amide bonds. The van der Waals surface area contributed by atoms with Crippen LogP contribution in [0.3, 0.4) is 0 Å². The van der Waals surface area contributed by atoms with Crippen LogP contribution in [-0.4, -0.2) is 39.9 Å². The van der Waals surface area contributed by atoms with E-state index in [4.69, 9.17) is 9.47 Å². The number of ether oxygens (including phenoxy) is 2. The Labute approximate surface area is 174 Å². The van der Waals surface area contributed by atoms with Gasteiger partial charge in [0.25, 0.3) is 11.8 Å². The van der Waals surface area contributed by atoms with Crippen molar-refractivity contribution in [1.29, 1.82) is 0 Å². The van der Waals surface area contributed by atoms with E-state index in [-0.39, 0.29) is 11.8 Å². The minimum absolute atomic E-state index is 0.360. The van der Waals surface area contributed by atoms with Crippen LogP contribution in [0.4, 0.5) is 0 Å². The van der Waals surface area contributed by atoms with Crippen molar-refractivity contribution in [2.75, 3.05) is 13.2 Å². The second-order valence-electron chi connectivity index (χ2n) is 7.03. The van der Waals surface area contributed by atoms with Crippen molar-refractivity contribution < 1.29 is 19.1 Å². The number of H-pyrrole nitrogens is 1. The summed E-state index contributed by atoms with van der Waals surface area (Å²) in [5.41, 5.74) is 0.277. The number of carbonyl (C=O) groups excluding carboxylic acids is 2. The van der Waals surface area contributed by atoms with Gasteiger partial charge in [-0.2, -0.15) is 0 Å². The van der Waals surface area contributed by atoms with E-state index < -0.39 is 5.54 Å². The molecule has 0 spiro atoms. The number of aromatic nitrogens is 2. The van der Waals surface area contributed by atoms with Gasteiger partial charge in [-0.15, -0.1) is 0 Å². The molecule has 3 aromatic rings. The largest absolute Gasteiger partial charge is 0.490 e. The fourth-order valence-corrected chi connectivity index (χ4v) is 3.85. The van der Waals surface area contributed by atoms with Crippen LogP contribution in [0.1, 0.15) is 52.9 Å². The summed E-state index contributed by atoms with van der Waals surface area (Å²) in [6.07, 6.45) is 3.27. The predicted molar refractivity (Wildman–Crippen MR) is 111 cm³/mol. The lowest BCUT2D eigenvalue weighted by Gasteiger charge is -2.36. The Balaban J connectivity index is 1.89. The molecular formula is C23H23N3O4. The van der Waals surface area contributed by atoms with Gasteiger partial charge >= 0.3 is 0 Å². The molecule has 2 aromatic carbocycles. The molecule has 0 saturated heterocycles. The number of hydrogen-bond acceptors (Lipinski definition) is 5. The number of amides is 2. The highest BCUT2D eigenvalue weighted by atomic mass is 16.5. The number of hydrogen-bond donors (Lipinski definition) is 1. The molecule has 1 atom stereocenters. The second-order valence-corrected chi connectivity index (χ2v) is 7.03. The van der Waals surface area contributed by atoms with Crippen LogP contribution in [0.2, 0.25) is 0 Å². The number of imide groups is 1. The molecule has 1 N–H and O–H groups in total. The number of nitrogens with one attached hydrogen (secondary N) is 1. The van der Waals surface area contributed by atoms with Crippen molar-refractivity contribution in [2.24, 2.45) is 0 Å². The van der Waals surface area contributed by atoms with Crippen LogP contribution in [0, 0.1) is 0 Å². The minimum atomic E-state index is -1.17. The summed E-state index contributed by atoms with van der Waals surface area (Å²) in [5.74, 6) is 0.907. The molecule has 4 rings (SSSR count). The summed E-state index contributed by atoms with van der Waals surface area (Å²) in [7, 11) is 0. The van der Waals surface area contributed by atoms with Gasteiger partial charge in [0.2, 0.25) is 0 Å². The summed E-state index contributed by atoms with van der Waals surface area (Å²) >= 11 is 0. The number of benzene rings is 2. The van der Waals surface area contributed by atoms with E-state index in [2.05, 4.69) is 9.97 Å². The van der Waals surface area contributed by atoms with Gasteiger partial charge in [-0.1, -0.05) is 18.2 Å². The first-order valence-corrected chi connectivity index (χ1v) is 9.90. The molecule has 7 heteroatoms. The number of aromatic amines is 1. The topological polar surface area (TPSA) is 84.5 Å². The maximum Gasteiger partial charge on any atom is 0.262 e. The van der Waals surface area contributed by atoms with Gasteiger partial charge in [0.1, 0.15) is 11.4 Å². The molecule has 0 saturated carbocycles. The van der Waals surface area contributed by atoms with Crippen LogP contribution in [0.5, 0.6) is 11.5 Å². The number of rotatable bonds is 7. The molecule has 0 radical (unpaired) electrons. The van der Waals surface area contributed by atoms with Gasteiger partial charge in [-0.05, 0) is 50.6 Å². The molecule has 0 aliphatic carbocycles. The lowest BCUT2D eigenvalue weighted by atomic mass is 9.88. The molecular weight excluding hydrogens is 382 g/mol. The van der Waals surface area contributed by atoms with Crippen molar-refractivity contribution in [2.45, 2.75) is 26.3 Å². The zero-order chi connectivity index (χ0) is 21.3. The van der Waals surface area contributed by atoms with Crippen LogP contribution in [0.15, 0.2) is 54.9 Å². The van der Waals surface area contributed by atoms with Crippen LogP contribution in [0.25, 0.3) is 0 Å². The quantitative estimate of drug-likeness (QED) is 0.605. The zero-order valence-electron chi connectivity index (χ0n) is 17.1. The Morgan fingerprint density at radius 2 is 1.60 bits per heavy atom. The summed E-state index contributed by atoms with van der Waals surface area (Å²) in [5, 5.41) is 0. The maximum atomic E-state index is 13.3. The Kier molecular flexibility index (Phi) is 5.03. The summed E-state index contributed by atoms with van der Waals surface area (Å²) in [6, 6.07) is 12.3. The first-order valence-electron chi connectivity index (χ1n) is 9.90. The van der Waals surface area contributed by atoms with Crippen molar-refractivity contribution in [1.82, 2.24) is 14.9 Å². The van der Waals surface area contributed by atoms with E-state index in [1.165, 1.54) is 4.90 Å². The van der Waals surface area contributed by atoms with Crippen LogP contribution in [-0.2, 0) is 5.54 Å². The van der Waals surface area contributed by atoms with E-state index in [1.807, 2.05) is 19.9 Å². The van der Waals surface area contributed by atoms with E-state index >= 15 is 0 Å². The van der Waals surface area contributed by atoms with E-state index in [0.717, 1.165) is 0 Å². The predicted octanol–water partition coefficient (Wildman–Crippen LogP) is 3.77. The van der Waals surface area contributed by atoms with Crippen molar-refractivity contribution in [3.05, 3.63) is 77.4 Å². The van der Waals surface area contributed by atoms with E-state index in [1.54, 1.807) is 55.7 Å². The summed E-state index contributed by atoms with van der Waals surface area (Å²) in [4.78, 5) is 35.4. The molecule has 2 heterocycles. The number of imidazole rings is 1. The SMILES string of the molecule is CCOc1ccc(C(C)(c2ncc[nH]2)N2C(=O)c3ccccc3C2=O)cc1OCC.